The van der Waals surface area contributed by atoms with Crippen LogP contribution in [0.1, 0.15) is 16.8 Å². The molecule has 6 heteroatoms. The maximum atomic E-state index is 12.5. The van der Waals surface area contributed by atoms with Gasteiger partial charge in [-0.3, -0.25) is 14.6 Å². The van der Waals surface area contributed by atoms with Gasteiger partial charge in [-0.05, 0) is 25.0 Å². The van der Waals surface area contributed by atoms with Crippen molar-refractivity contribution >= 4 is 11.6 Å². The summed E-state index contributed by atoms with van der Waals surface area (Å²) in [6, 6.07) is 18.1. The molecular formula is C24H28N4O2. The van der Waals surface area contributed by atoms with Crippen LogP contribution in [0.15, 0.2) is 59.1 Å². The van der Waals surface area contributed by atoms with Crippen LogP contribution in [-0.2, 0) is 11.3 Å². The van der Waals surface area contributed by atoms with Crippen LogP contribution in [0.2, 0.25) is 0 Å². The highest BCUT2D eigenvalue weighted by Gasteiger charge is 2.20. The molecule has 1 amide bonds. The van der Waals surface area contributed by atoms with Gasteiger partial charge in [0.15, 0.2) is 5.76 Å². The Bertz CT molecular complexity index is 971. The van der Waals surface area contributed by atoms with Gasteiger partial charge in [0, 0.05) is 50.0 Å². The summed E-state index contributed by atoms with van der Waals surface area (Å²) in [5.74, 6) is 0.845. The minimum absolute atomic E-state index is 0.0462. The third-order valence-corrected chi connectivity index (χ3v) is 5.58. The Kier molecular flexibility index (Phi) is 6.26. The van der Waals surface area contributed by atoms with Gasteiger partial charge >= 0.3 is 0 Å². The lowest BCUT2D eigenvalue weighted by molar-refractivity contribution is -0.117. The highest BCUT2D eigenvalue weighted by atomic mass is 16.5. The van der Waals surface area contributed by atoms with E-state index in [9.17, 15) is 4.79 Å². The van der Waals surface area contributed by atoms with Crippen molar-refractivity contribution in [3.05, 3.63) is 71.4 Å². The van der Waals surface area contributed by atoms with Crippen LogP contribution >= 0.6 is 0 Å². The first-order chi connectivity index (χ1) is 14.6. The number of nitrogens with one attached hydrogen (secondary N) is 1. The van der Waals surface area contributed by atoms with Gasteiger partial charge in [-0.25, -0.2) is 0 Å². The van der Waals surface area contributed by atoms with Gasteiger partial charge in [0.05, 0.1) is 12.2 Å². The number of nitrogens with zero attached hydrogens (tertiary/aromatic N) is 3. The zero-order valence-electron chi connectivity index (χ0n) is 17.6. The van der Waals surface area contributed by atoms with Gasteiger partial charge in [0.2, 0.25) is 5.91 Å². The monoisotopic (exact) mass is 404 g/mol. The van der Waals surface area contributed by atoms with E-state index in [0.29, 0.717) is 6.54 Å². The molecule has 1 N–H and O–H groups in total. The number of amides is 1. The third kappa shape index (κ3) is 4.96. The molecule has 30 heavy (non-hydrogen) atoms. The van der Waals surface area contributed by atoms with Crippen molar-refractivity contribution in [2.45, 2.75) is 20.4 Å². The summed E-state index contributed by atoms with van der Waals surface area (Å²) in [7, 11) is 0. The Labute approximate surface area is 177 Å². The molecule has 1 aliphatic rings. The van der Waals surface area contributed by atoms with Gasteiger partial charge in [-0.15, -0.1) is 0 Å². The van der Waals surface area contributed by atoms with Crippen molar-refractivity contribution in [3.8, 4) is 11.3 Å². The first-order valence-electron chi connectivity index (χ1n) is 10.4. The lowest BCUT2D eigenvalue weighted by atomic mass is 10.1. The van der Waals surface area contributed by atoms with Crippen molar-refractivity contribution in [2.75, 3.05) is 38.0 Å². The molecule has 1 aliphatic heterocycles. The fourth-order valence-corrected chi connectivity index (χ4v) is 3.85. The second-order valence-electron chi connectivity index (χ2n) is 7.92. The van der Waals surface area contributed by atoms with E-state index in [4.69, 9.17) is 4.52 Å². The quantitative estimate of drug-likeness (QED) is 0.679. The highest BCUT2D eigenvalue weighted by molar-refractivity contribution is 5.93. The number of carbonyl (C=O) groups is 1. The molecule has 0 radical (unpaired) electrons. The molecule has 0 bridgehead atoms. The van der Waals surface area contributed by atoms with Crippen molar-refractivity contribution in [1.29, 1.82) is 0 Å². The molecule has 4 rings (SSSR count). The molecule has 3 aromatic rings. The molecule has 156 valence electrons. The van der Waals surface area contributed by atoms with Crippen LogP contribution in [0.25, 0.3) is 11.3 Å². The maximum Gasteiger partial charge on any atom is 0.238 e. The third-order valence-electron chi connectivity index (χ3n) is 5.58. The minimum atomic E-state index is 0.0462. The molecule has 2 heterocycles. The summed E-state index contributed by atoms with van der Waals surface area (Å²) in [4.78, 5) is 17.1. The number of hydrogen-bond acceptors (Lipinski definition) is 5. The molecule has 0 aliphatic carbocycles. The Morgan fingerprint density at radius 1 is 0.967 bits per heavy atom. The first kappa shape index (κ1) is 20.3. The molecule has 0 unspecified atom stereocenters. The number of carbonyl (C=O) groups excluding carboxylic acids is 1. The average Bonchev–Trinajstić information content (AvgIpc) is 3.21. The van der Waals surface area contributed by atoms with Crippen molar-refractivity contribution < 1.29 is 9.32 Å². The largest absolute Gasteiger partial charge is 0.356 e. The van der Waals surface area contributed by atoms with E-state index in [0.717, 1.165) is 66.6 Å². The Morgan fingerprint density at radius 2 is 1.63 bits per heavy atom. The molecular weight excluding hydrogens is 376 g/mol. The van der Waals surface area contributed by atoms with Crippen molar-refractivity contribution in [1.82, 2.24) is 15.0 Å². The van der Waals surface area contributed by atoms with Gasteiger partial charge in [-0.1, -0.05) is 53.7 Å². The fourth-order valence-electron chi connectivity index (χ4n) is 3.85. The predicted octanol–water partition coefficient (Wildman–Crippen LogP) is 3.71. The predicted molar refractivity (Wildman–Crippen MR) is 118 cm³/mol. The normalized spacial score (nSPS) is 15.3. The van der Waals surface area contributed by atoms with E-state index in [1.165, 1.54) is 0 Å². The SMILES string of the molecule is Cc1cccc(C)c1NC(=O)CN1CCN(Cc2cc(-c3ccccc3)on2)CC1. The highest BCUT2D eigenvalue weighted by Crippen LogP contribution is 2.21. The summed E-state index contributed by atoms with van der Waals surface area (Å²) >= 11 is 0. The average molecular weight is 405 g/mol. The van der Waals surface area contributed by atoms with Gasteiger partial charge in [0.1, 0.15) is 0 Å². The van der Waals surface area contributed by atoms with Crippen LogP contribution < -0.4 is 5.32 Å². The Balaban J connectivity index is 1.25. The number of aromatic nitrogens is 1. The number of benzene rings is 2. The number of anilines is 1. The van der Waals surface area contributed by atoms with Gasteiger partial charge in [0.25, 0.3) is 0 Å². The lowest BCUT2D eigenvalue weighted by Gasteiger charge is -2.33. The summed E-state index contributed by atoms with van der Waals surface area (Å²) in [5, 5.41) is 7.30. The van der Waals surface area contributed by atoms with Crippen LogP contribution in [0.5, 0.6) is 0 Å². The smallest absolute Gasteiger partial charge is 0.238 e. The second-order valence-corrected chi connectivity index (χ2v) is 7.92. The molecule has 0 saturated carbocycles. The van der Waals surface area contributed by atoms with E-state index in [1.54, 1.807) is 0 Å². The molecule has 2 aromatic carbocycles. The number of rotatable bonds is 6. The Morgan fingerprint density at radius 3 is 2.33 bits per heavy atom. The van der Waals surface area contributed by atoms with Crippen LogP contribution in [-0.4, -0.2) is 53.6 Å². The van der Waals surface area contributed by atoms with E-state index < -0.39 is 0 Å². The van der Waals surface area contributed by atoms with Crippen molar-refractivity contribution in [3.63, 3.8) is 0 Å². The van der Waals surface area contributed by atoms with Gasteiger partial charge < -0.3 is 9.84 Å². The zero-order valence-corrected chi connectivity index (χ0v) is 17.6. The lowest BCUT2D eigenvalue weighted by Crippen LogP contribution is -2.48. The topological polar surface area (TPSA) is 61.6 Å². The standard InChI is InChI=1S/C24H28N4O2/c1-18-7-6-8-19(2)24(18)25-23(29)17-28-13-11-27(12-14-28)16-21-15-22(30-26-21)20-9-4-3-5-10-20/h3-10,15H,11-14,16-17H2,1-2H3,(H,25,29). The fraction of sp³-hybridized carbons (Fsp3) is 0.333. The van der Waals surface area contributed by atoms with Crippen LogP contribution in [0.3, 0.4) is 0 Å². The van der Waals surface area contributed by atoms with Crippen LogP contribution in [0.4, 0.5) is 5.69 Å². The van der Waals surface area contributed by atoms with E-state index in [1.807, 2.05) is 68.4 Å². The number of piperazine rings is 1. The number of para-hydroxylation sites is 1. The first-order valence-corrected chi connectivity index (χ1v) is 10.4. The maximum absolute atomic E-state index is 12.5. The van der Waals surface area contributed by atoms with E-state index in [2.05, 4.69) is 20.3 Å². The number of aryl methyl sites for hydroxylation is 2. The molecule has 6 nitrogen and oxygen atoms in total. The summed E-state index contributed by atoms with van der Waals surface area (Å²) in [6.45, 7) is 8.77. The van der Waals surface area contributed by atoms with Crippen molar-refractivity contribution in [2.24, 2.45) is 0 Å². The summed E-state index contributed by atoms with van der Waals surface area (Å²) in [5.41, 5.74) is 5.10. The Hall–Kier alpha value is -2.96. The minimum Gasteiger partial charge on any atom is -0.356 e. The van der Waals surface area contributed by atoms with E-state index in [-0.39, 0.29) is 5.91 Å². The number of hydrogen-bond donors (Lipinski definition) is 1. The molecule has 0 spiro atoms. The second kappa shape index (κ2) is 9.24. The molecule has 0 atom stereocenters. The zero-order chi connectivity index (χ0) is 20.9. The molecule has 1 saturated heterocycles. The summed E-state index contributed by atoms with van der Waals surface area (Å²) in [6.07, 6.45) is 0. The molecule has 1 aromatic heterocycles. The van der Waals surface area contributed by atoms with Gasteiger partial charge in [-0.2, -0.15) is 0 Å². The van der Waals surface area contributed by atoms with E-state index >= 15 is 0 Å². The van der Waals surface area contributed by atoms with Crippen LogP contribution in [0, 0.1) is 13.8 Å². The summed E-state index contributed by atoms with van der Waals surface area (Å²) < 4.78 is 5.50. The molecule has 1 fully saturated rings.